The number of carboxylic acid groups (broad SMARTS) is 1. The number of carbonyl (C=O) groups is 3. The molecule has 3 fully saturated rings. The second-order valence-electron chi connectivity index (χ2n) is 9.44. The van der Waals surface area contributed by atoms with Gasteiger partial charge < -0.3 is 24.7 Å². The molecular formula is C25H31BrN2O6. The van der Waals surface area contributed by atoms with Crippen molar-refractivity contribution in [1.82, 2.24) is 4.90 Å². The molecule has 9 heteroatoms. The Kier molecular flexibility index (Phi) is 6.90. The summed E-state index contributed by atoms with van der Waals surface area (Å²) in [6.07, 6.45) is 2.32. The zero-order chi connectivity index (χ0) is 24.8. The number of aliphatic hydroxyl groups is 1. The van der Waals surface area contributed by atoms with Gasteiger partial charge in [-0.05, 0) is 44.2 Å². The summed E-state index contributed by atoms with van der Waals surface area (Å²) < 4.78 is 6.32. The third kappa shape index (κ3) is 3.69. The molecule has 0 aliphatic carbocycles. The summed E-state index contributed by atoms with van der Waals surface area (Å²) in [6, 6.07) is 4.82. The van der Waals surface area contributed by atoms with Crippen LogP contribution in [0.3, 0.4) is 0 Å². The molecule has 8 nitrogen and oxygen atoms in total. The fourth-order valence-corrected chi connectivity index (χ4v) is 7.07. The maximum Gasteiger partial charge on any atom is 0.310 e. The van der Waals surface area contributed by atoms with E-state index in [-0.39, 0.29) is 36.3 Å². The summed E-state index contributed by atoms with van der Waals surface area (Å²) in [7, 11) is 0. The highest BCUT2D eigenvalue weighted by Gasteiger charge is 2.76. The van der Waals surface area contributed by atoms with E-state index in [2.05, 4.69) is 22.5 Å². The van der Waals surface area contributed by atoms with Gasteiger partial charge in [-0.3, -0.25) is 14.4 Å². The highest BCUT2D eigenvalue weighted by molar-refractivity contribution is 9.09. The zero-order valence-electron chi connectivity index (χ0n) is 19.4. The number of hydrogen-bond donors (Lipinski definition) is 2. The Bertz CT molecular complexity index is 995. The second kappa shape index (κ2) is 9.43. The number of nitrogens with zero attached hydrogens (tertiary/aromatic N) is 2. The van der Waals surface area contributed by atoms with E-state index in [1.165, 1.54) is 4.90 Å². The number of aliphatic hydroxyl groups excluding tert-OH is 1. The van der Waals surface area contributed by atoms with Crippen LogP contribution >= 0.6 is 15.9 Å². The summed E-state index contributed by atoms with van der Waals surface area (Å²) >= 11 is 3.56. The van der Waals surface area contributed by atoms with E-state index in [9.17, 15) is 24.6 Å². The Hall–Kier alpha value is -2.23. The van der Waals surface area contributed by atoms with Gasteiger partial charge in [-0.25, -0.2) is 0 Å². The molecule has 3 heterocycles. The molecule has 0 saturated carbocycles. The Morgan fingerprint density at radius 2 is 2.00 bits per heavy atom. The van der Waals surface area contributed by atoms with E-state index in [0.29, 0.717) is 19.3 Å². The van der Waals surface area contributed by atoms with E-state index < -0.39 is 35.6 Å². The summed E-state index contributed by atoms with van der Waals surface area (Å²) in [6.45, 7) is 8.15. The number of alkyl halides is 1. The number of ether oxygens (including phenoxy) is 1. The van der Waals surface area contributed by atoms with E-state index in [1.54, 1.807) is 11.0 Å². The fourth-order valence-electron chi connectivity index (χ4n) is 6.13. The van der Waals surface area contributed by atoms with Crippen molar-refractivity contribution in [3.63, 3.8) is 0 Å². The molecule has 2 amide bonds. The first-order chi connectivity index (χ1) is 16.2. The monoisotopic (exact) mass is 534 g/mol. The first kappa shape index (κ1) is 24.9. The average molecular weight is 535 g/mol. The molecule has 34 heavy (non-hydrogen) atoms. The number of carbonyl (C=O) groups excluding carboxylic acids is 2. The van der Waals surface area contributed by atoms with Gasteiger partial charge in [0.25, 0.3) is 5.91 Å². The van der Waals surface area contributed by atoms with Crippen LogP contribution in [0.4, 0.5) is 5.69 Å². The van der Waals surface area contributed by atoms with Gasteiger partial charge in [-0.2, -0.15) is 0 Å². The SMILES string of the molecule is C=CCN(C(=O)C1N(CCCCO)C(=O)[C@@H]2[C@@H](C(=O)O)[C@@H]3OC12CC3Br)c1c(C)cccc1C. The Labute approximate surface area is 207 Å². The molecule has 2 bridgehead atoms. The van der Waals surface area contributed by atoms with E-state index in [0.717, 1.165) is 16.8 Å². The van der Waals surface area contributed by atoms with Crippen LogP contribution in [0.25, 0.3) is 0 Å². The van der Waals surface area contributed by atoms with Crippen molar-refractivity contribution in [3.8, 4) is 0 Å². The third-order valence-corrected chi connectivity index (χ3v) is 8.25. The van der Waals surface area contributed by atoms with Crippen LogP contribution in [-0.2, 0) is 19.1 Å². The summed E-state index contributed by atoms with van der Waals surface area (Å²) in [5, 5.41) is 19.2. The van der Waals surface area contributed by atoms with Crippen molar-refractivity contribution in [2.24, 2.45) is 11.8 Å². The summed E-state index contributed by atoms with van der Waals surface area (Å²) in [5.74, 6) is -3.68. The maximum atomic E-state index is 14.3. The number of aryl methyl sites for hydroxylation is 2. The first-order valence-electron chi connectivity index (χ1n) is 11.6. The van der Waals surface area contributed by atoms with Gasteiger partial charge in [0.2, 0.25) is 5.91 Å². The minimum Gasteiger partial charge on any atom is -0.481 e. The van der Waals surface area contributed by atoms with Crippen LogP contribution in [0, 0.1) is 25.7 Å². The maximum absolute atomic E-state index is 14.3. The molecule has 184 valence electrons. The number of rotatable bonds is 9. The lowest BCUT2D eigenvalue weighted by atomic mass is 9.70. The van der Waals surface area contributed by atoms with Gasteiger partial charge in [0, 0.05) is 30.2 Å². The largest absolute Gasteiger partial charge is 0.481 e. The van der Waals surface area contributed by atoms with Crippen molar-refractivity contribution >= 4 is 39.4 Å². The van der Waals surface area contributed by atoms with Gasteiger partial charge in [-0.1, -0.05) is 40.2 Å². The van der Waals surface area contributed by atoms with Crippen molar-refractivity contribution in [2.45, 2.75) is 55.7 Å². The number of amides is 2. The average Bonchev–Trinajstić information content (AvgIpc) is 3.36. The second-order valence-corrected chi connectivity index (χ2v) is 10.6. The Balaban J connectivity index is 1.82. The molecule has 6 atom stereocenters. The van der Waals surface area contributed by atoms with E-state index in [4.69, 9.17) is 4.74 Å². The number of para-hydroxylation sites is 1. The summed E-state index contributed by atoms with van der Waals surface area (Å²) in [5.41, 5.74) is 1.37. The number of carboxylic acids is 1. The van der Waals surface area contributed by atoms with Crippen molar-refractivity contribution in [2.75, 3.05) is 24.6 Å². The quantitative estimate of drug-likeness (QED) is 0.286. The smallest absolute Gasteiger partial charge is 0.310 e. The highest BCUT2D eigenvalue weighted by Crippen LogP contribution is 2.60. The molecule has 3 aliphatic rings. The molecule has 3 aliphatic heterocycles. The van der Waals surface area contributed by atoms with Gasteiger partial charge in [0.05, 0.1) is 17.9 Å². The van der Waals surface area contributed by atoms with E-state index >= 15 is 0 Å². The van der Waals surface area contributed by atoms with Crippen LogP contribution in [0.15, 0.2) is 30.9 Å². The lowest BCUT2D eigenvalue weighted by molar-refractivity contribution is -0.149. The molecule has 4 rings (SSSR count). The molecule has 3 saturated heterocycles. The number of likely N-dealkylation sites (tertiary alicyclic amines) is 1. The number of aliphatic carboxylic acids is 1. The molecule has 1 spiro atoms. The van der Waals surface area contributed by atoms with Gasteiger partial charge >= 0.3 is 5.97 Å². The number of benzene rings is 1. The first-order valence-corrected chi connectivity index (χ1v) is 12.6. The number of halogens is 1. The fraction of sp³-hybridized carbons (Fsp3) is 0.560. The van der Waals surface area contributed by atoms with Crippen molar-refractivity contribution in [3.05, 3.63) is 42.0 Å². The zero-order valence-corrected chi connectivity index (χ0v) is 21.0. The molecule has 1 aromatic rings. The lowest BCUT2D eigenvalue weighted by Gasteiger charge is -2.37. The van der Waals surface area contributed by atoms with Gasteiger partial charge in [0.15, 0.2) is 0 Å². The number of anilines is 1. The molecule has 2 N–H and O–H groups in total. The summed E-state index contributed by atoms with van der Waals surface area (Å²) in [4.78, 5) is 43.1. The lowest BCUT2D eigenvalue weighted by Crippen LogP contribution is -2.57. The van der Waals surface area contributed by atoms with Crippen LogP contribution in [-0.4, -0.2) is 75.2 Å². The minimum atomic E-state index is -1.22. The topological polar surface area (TPSA) is 107 Å². The molecule has 0 aromatic heterocycles. The number of unbranched alkanes of at least 4 members (excludes halogenated alkanes) is 1. The minimum absolute atomic E-state index is 0.0278. The van der Waals surface area contributed by atoms with Crippen molar-refractivity contribution in [1.29, 1.82) is 0 Å². The van der Waals surface area contributed by atoms with Gasteiger partial charge in [-0.15, -0.1) is 6.58 Å². The van der Waals surface area contributed by atoms with E-state index in [1.807, 2.05) is 32.0 Å². The van der Waals surface area contributed by atoms with Crippen LogP contribution in [0.2, 0.25) is 0 Å². The molecule has 3 unspecified atom stereocenters. The molecular weight excluding hydrogens is 504 g/mol. The highest BCUT2D eigenvalue weighted by atomic mass is 79.9. The third-order valence-electron chi connectivity index (χ3n) is 7.40. The number of fused-ring (bicyclic) bond motifs is 1. The predicted octanol–water partition coefficient (Wildman–Crippen LogP) is 2.43. The normalized spacial score (nSPS) is 31.6. The van der Waals surface area contributed by atoms with Gasteiger partial charge in [0.1, 0.15) is 11.6 Å². The Morgan fingerprint density at radius 3 is 2.59 bits per heavy atom. The van der Waals surface area contributed by atoms with Crippen molar-refractivity contribution < 1.29 is 29.3 Å². The molecule has 1 aromatic carbocycles. The number of hydrogen-bond acceptors (Lipinski definition) is 5. The standard InChI is InChI=1S/C25H31BrN2O6/c1-4-10-27(19-14(2)8-7-9-15(19)3)23(31)21-25-13-16(26)20(34-25)17(24(32)33)18(25)22(30)28(21)11-5-6-12-29/h4,7-9,16-18,20-21,29H,1,5-6,10-13H2,2-3H3,(H,32,33)/t16?,17-,18+,20-,21?,25?/m1/s1. The predicted molar refractivity (Wildman–Crippen MR) is 130 cm³/mol. The van der Waals surface area contributed by atoms with Crippen LogP contribution < -0.4 is 4.90 Å². The van der Waals surface area contributed by atoms with Crippen LogP contribution in [0.5, 0.6) is 0 Å². The van der Waals surface area contributed by atoms with Crippen LogP contribution in [0.1, 0.15) is 30.4 Å². The Morgan fingerprint density at radius 1 is 1.32 bits per heavy atom. The molecule has 0 radical (unpaired) electrons.